The highest BCUT2D eigenvalue weighted by Gasteiger charge is 2.27. The Balaban J connectivity index is 1.17. The molecule has 0 bridgehead atoms. The molecule has 1 N–H and O–H groups in total. The third kappa shape index (κ3) is 5.39. The molecule has 3 heterocycles. The molecule has 1 fully saturated rings. The Morgan fingerprint density at radius 2 is 1.86 bits per heavy atom. The molecule has 1 aliphatic rings. The first-order valence-electron chi connectivity index (χ1n) is 12.1. The van der Waals surface area contributed by atoms with Crippen LogP contribution >= 0.6 is 11.3 Å². The highest BCUT2D eigenvalue weighted by atomic mass is 32.1. The summed E-state index contributed by atoms with van der Waals surface area (Å²) < 4.78 is 5.66. The number of anilines is 1. The minimum absolute atomic E-state index is 0.0364. The molecule has 5 rings (SSSR count). The van der Waals surface area contributed by atoms with Gasteiger partial charge in [-0.3, -0.25) is 14.6 Å². The lowest BCUT2D eigenvalue weighted by Gasteiger charge is -2.31. The van der Waals surface area contributed by atoms with Crippen molar-refractivity contribution in [3.8, 4) is 5.75 Å². The van der Waals surface area contributed by atoms with E-state index >= 15 is 0 Å². The van der Waals surface area contributed by atoms with Gasteiger partial charge in [0.1, 0.15) is 11.4 Å². The predicted molar refractivity (Wildman–Crippen MR) is 142 cm³/mol. The van der Waals surface area contributed by atoms with Crippen LogP contribution in [-0.4, -0.2) is 45.9 Å². The number of carbonyl (C=O) groups is 2. The Morgan fingerprint density at radius 3 is 2.61 bits per heavy atom. The largest absolute Gasteiger partial charge is 0.491 e. The van der Waals surface area contributed by atoms with Crippen molar-refractivity contribution in [3.63, 3.8) is 0 Å². The summed E-state index contributed by atoms with van der Waals surface area (Å²) in [4.78, 5) is 36.6. The highest BCUT2D eigenvalue weighted by Crippen LogP contribution is 2.31. The van der Waals surface area contributed by atoms with Gasteiger partial charge >= 0.3 is 0 Å². The number of pyridine rings is 1. The van der Waals surface area contributed by atoms with Gasteiger partial charge in [0.2, 0.25) is 0 Å². The fourth-order valence-corrected chi connectivity index (χ4v) is 5.36. The van der Waals surface area contributed by atoms with Crippen molar-refractivity contribution in [1.29, 1.82) is 0 Å². The molecule has 0 radical (unpaired) electrons. The molecule has 0 atom stereocenters. The van der Waals surface area contributed by atoms with Crippen LogP contribution in [-0.2, 0) is 0 Å². The topological polar surface area (TPSA) is 84.4 Å². The molecule has 8 heteroatoms. The van der Waals surface area contributed by atoms with Crippen molar-refractivity contribution in [2.24, 2.45) is 0 Å². The molecular formula is C28H28N4O3S. The number of piperidine rings is 1. The molecule has 7 nitrogen and oxygen atoms in total. The lowest BCUT2D eigenvalue weighted by atomic mass is 9.97. The van der Waals surface area contributed by atoms with Gasteiger partial charge in [-0.25, -0.2) is 4.98 Å². The summed E-state index contributed by atoms with van der Waals surface area (Å²) in [6.07, 6.45) is 3.50. The quantitative estimate of drug-likeness (QED) is 0.364. The smallest absolute Gasteiger partial charge is 0.275 e. The fraction of sp³-hybridized carbons (Fsp3) is 0.286. The number of hydrogen-bond donors (Lipinski definition) is 1. The Kier molecular flexibility index (Phi) is 6.95. The second-order valence-corrected chi connectivity index (χ2v) is 10.1. The second-order valence-electron chi connectivity index (χ2n) is 9.19. The zero-order valence-electron chi connectivity index (χ0n) is 20.3. The summed E-state index contributed by atoms with van der Waals surface area (Å²) in [7, 11) is 0. The van der Waals surface area contributed by atoms with E-state index in [-0.39, 0.29) is 23.8 Å². The van der Waals surface area contributed by atoms with Gasteiger partial charge in [0.15, 0.2) is 0 Å². The molecule has 0 spiro atoms. The van der Waals surface area contributed by atoms with Gasteiger partial charge < -0.3 is 15.0 Å². The number of likely N-dealkylation sites (tertiary alicyclic amines) is 1. The first-order valence-corrected chi connectivity index (χ1v) is 13.0. The maximum atomic E-state index is 12.9. The first-order chi connectivity index (χ1) is 17.5. The molecule has 184 valence electrons. The molecule has 0 aliphatic carbocycles. The Bertz CT molecular complexity index is 1380. The van der Waals surface area contributed by atoms with Crippen LogP contribution in [0, 0.1) is 0 Å². The summed E-state index contributed by atoms with van der Waals surface area (Å²) in [5.41, 5.74) is 2.69. The van der Waals surface area contributed by atoms with Gasteiger partial charge in [0, 0.05) is 47.2 Å². The van der Waals surface area contributed by atoms with Crippen LogP contribution in [0.25, 0.3) is 10.9 Å². The number of thiazole rings is 1. The van der Waals surface area contributed by atoms with E-state index in [9.17, 15) is 9.59 Å². The molecule has 0 unspecified atom stereocenters. The van der Waals surface area contributed by atoms with Crippen molar-refractivity contribution >= 4 is 39.7 Å². The number of ether oxygens (including phenoxy) is 1. The van der Waals surface area contributed by atoms with Gasteiger partial charge in [-0.1, -0.05) is 6.07 Å². The van der Waals surface area contributed by atoms with Crippen molar-refractivity contribution in [1.82, 2.24) is 14.9 Å². The molecule has 1 saturated heterocycles. The predicted octanol–water partition coefficient (Wildman–Crippen LogP) is 5.75. The van der Waals surface area contributed by atoms with Crippen molar-refractivity contribution in [3.05, 3.63) is 82.4 Å². The molecule has 2 amide bonds. The normalized spacial score (nSPS) is 14.2. The van der Waals surface area contributed by atoms with E-state index in [1.165, 1.54) is 11.3 Å². The summed E-state index contributed by atoms with van der Waals surface area (Å²) in [6.45, 7) is 5.29. The number of nitrogens with zero attached hydrogens (tertiary/aromatic N) is 3. The van der Waals surface area contributed by atoms with E-state index in [0.29, 0.717) is 30.0 Å². The maximum absolute atomic E-state index is 12.9. The van der Waals surface area contributed by atoms with Gasteiger partial charge in [-0.2, -0.15) is 0 Å². The first kappa shape index (κ1) is 23.9. The van der Waals surface area contributed by atoms with Crippen LogP contribution in [0.15, 0.2) is 66.2 Å². The third-order valence-corrected chi connectivity index (χ3v) is 7.23. The number of rotatable bonds is 6. The minimum Gasteiger partial charge on any atom is -0.491 e. The number of carbonyl (C=O) groups excluding carboxylic acids is 2. The van der Waals surface area contributed by atoms with E-state index in [0.717, 1.165) is 34.5 Å². The van der Waals surface area contributed by atoms with Crippen LogP contribution < -0.4 is 10.1 Å². The van der Waals surface area contributed by atoms with Crippen molar-refractivity contribution in [2.45, 2.75) is 38.7 Å². The van der Waals surface area contributed by atoms with E-state index < -0.39 is 0 Å². The number of hydrogen-bond acceptors (Lipinski definition) is 6. The van der Waals surface area contributed by atoms with Crippen LogP contribution in [0.5, 0.6) is 5.75 Å². The van der Waals surface area contributed by atoms with Crippen LogP contribution in [0.4, 0.5) is 5.69 Å². The molecule has 4 aromatic rings. The standard InChI is InChI=1S/C28H28N4O3S/c1-18(2)35-23-8-5-20(6-9-23)28(34)32-14-11-19(12-15-32)27-31-25(17-36-27)26(33)30-22-7-10-24-21(16-22)4-3-13-29-24/h3-10,13,16-19H,11-12,14-15H2,1-2H3,(H,30,33). The zero-order valence-corrected chi connectivity index (χ0v) is 21.1. The van der Waals surface area contributed by atoms with E-state index in [4.69, 9.17) is 4.74 Å². The second kappa shape index (κ2) is 10.5. The van der Waals surface area contributed by atoms with E-state index in [2.05, 4.69) is 15.3 Å². The lowest BCUT2D eigenvalue weighted by molar-refractivity contribution is 0.0713. The molecule has 36 heavy (non-hydrogen) atoms. The third-order valence-electron chi connectivity index (χ3n) is 6.22. The minimum atomic E-state index is -0.224. The summed E-state index contributed by atoms with van der Waals surface area (Å²) in [5, 5.41) is 6.66. The number of aromatic nitrogens is 2. The van der Waals surface area contributed by atoms with Gasteiger partial charge in [0.05, 0.1) is 16.6 Å². The number of benzene rings is 2. The van der Waals surface area contributed by atoms with Crippen molar-refractivity contribution < 1.29 is 14.3 Å². The monoisotopic (exact) mass is 500 g/mol. The number of amides is 2. The molecule has 0 saturated carbocycles. The Labute approximate surface area is 214 Å². The summed E-state index contributed by atoms with van der Waals surface area (Å²) in [6, 6.07) is 16.8. The highest BCUT2D eigenvalue weighted by molar-refractivity contribution is 7.10. The molecule has 2 aromatic carbocycles. The summed E-state index contributed by atoms with van der Waals surface area (Å²) >= 11 is 1.51. The average molecular weight is 501 g/mol. The van der Waals surface area contributed by atoms with E-state index in [1.54, 1.807) is 6.20 Å². The number of nitrogens with one attached hydrogen (secondary N) is 1. The van der Waals surface area contributed by atoms with Gasteiger partial charge in [0.25, 0.3) is 11.8 Å². The average Bonchev–Trinajstić information content (AvgIpc) is 3.39. The van der Waals surface area contributed by atoms with E-state index in [1.807, 2.05) is 78.7 Å². The molecule has 1 aliphatic heterocycles. The number of fused-ring (bicyclic) bond motifs is 1. The van der Waals surface area contributed by atoms with Crippen molar-refractivity contribution in [2.75, 3.05) is 18.4 Å². The Morgan fingerprint density at radius 1 is 1.08 bits per heavy atom. The summed E-state index contributed by atoms with van der Waals surface area (Å²) in [5.74, 6) is 0.822. The Hall–Kier alpha value is -3.78. The SMILES string of the molecule is CC(C)Oc1ccc(C(=O)N2CCC(c3nc(C(=O)Nc4ccc5ncccc5c4)cs3)CC2)cc1. The zero-order chi connectivity index (χ0) is 25.1. The van der Waals surface area contributed by atoms with Crippen LogP contribution in [0.3, 0.4) is 0 Å². The van der Waals surface area contributed by atoms with Crippen LogP contribution in [0.1, 0.15) is 58.5 Å². The van der Waals surface area contributed by atoms with Gasteiger partial charge in [-0.05, 0) is 75.2 Å². The van der Waals surface area contributed by atoms with Gasteiger partial charge in [-0.15, -0.1) is 11.3 Å². The fourth-order valence-electron chi connectivity index (χ4n) is 4.39. The van der Waals surface area contributed by atoms with Crippen LogP contribution in [0.2, 0.25) is 0 Å². The molecular weight excluding hydrogens is 472 g/mol. The lowest BCUT2D eigenvalue weighted by Crippen LogP contribution is -2.37. The maximum Gasteiger partial charge on any atom is 0.275 e. The molecule has 2 aromatic heterocycles.